The topological polar surface area (TPSA) is 130 Å². The Bertz CT molecular complexity index is 2160. The number of carbonyl (C=O) groups is 2. The van der Waals surface area contributed by atoms with Gasteiger partial charge in [-0.05, 0) is 65.7 Å². The van der Waals surface area contributed by atoms with Gasteiger partial charge in [-0.2, -0.15) is 0 Å². The summed E-state index contributed by atoms with van der Waals surface area (Å²) in [6.07, 6.45) is 0. The molecule has 4 aromatic carbocycles. The molecule has 0 aliphatic carbocycles. The lowest BCUT2D eigenvalue weighted by Crippen LogP contribution is -2.48. The Hall–Kier alpha value is -4.73. The predicted molar refractivity (Wildman–Crippen MR) is 203 cm³/mol. The third-order valence-corrected chi connectivity index (χ3v) is 11.7. The summed E-state index contributed by atoms with van der Waals surface area (Å²) in [4.78, 5) is 35.0. The van der Waals surface area contributed by atoms with Gasteiger partial charge in [-0.1, -0.05) is 35.9 Å². The van der Waals surface area contributed by atoms with Crippen LogP contribution in [0.1, 0.15) is 31.8 Å². The van der Waals surface area contributed by atoms with Crippen LogP contribution in [-0.4, -0.2) is 106 Å². The van der Waals surface area contributed by atoms with E-state index in [9.17, 15) is 18.0 Å². The molecular formula is C38H39Cl2N5O8S. The number of fused-ring (bicyclic) bond motifs is 2. The van der Waals surface area contributed by atoms with Crippen molar-refractivity contribution in [1.82, 2.24) is 19.6 Å². The summed E-state index contributed by atoms with van der Waals surface area (Å²) < 4.78 is 52.0. The van der Waals surface area contributed by atoms with Gasteiger partial charge in [0.15, 0.2) is 23.0 Å². The molecular weight excluding hydrogens is 757 g/mol. The Labute approximate surface area is 324 Å². The van der Waals surface area contributed by atoms with Crippen molar-refractivity contribution in [1.29, 1.82) is 0 Å². The lowest BCUT2D eigenvalue weighted by Gasteiger charge is -2.35. The lowest BCUT2D eigenvalue weighted by molar-refractivity contribution is 0.0622. The van der Waals surface area contributed by atoms with Crippen molar-refractivity contribution in [2.45, 2.75) is 18.0 Å². The highest BCUT2D eigenvalue weighted by molar-refractivity contribution is 7.92. The van der Waals surface area contributed by atoms with Crippen molar-refractivity contribution >= 4 is 51.5 Å². The predicted octanol–water partition coefficient (Wildman–Crippen LogP) is 4.94. The Morgan fingerprint density at radius 3 is 1.72 bits per heavy atom. The molecule has 16 heteroatoms. The van der Waals surface area contributed by atoms with E-state index in [0.717, 1.165) is 34.1 Å². The largest absolute Gasteiger partial charge is 0.454 e. The lowest BCUT2D eigenvalue weighted by atomic mass is 10.1. The summed E-state index contributed by atoms with van der Waals surface area (Å²) in [5.41, 5.74) is 2.75. The molecule has 284 valence electrons. The highest BCUT2D eigenvalue weighted by Gasteiger charge is 2.29. The number of sulfonamides is 1. The minimum Gasteiger partial charge on any atom is -0.454 e. The Morgan fingerprint density at radius 1 is 0.630 bits per heavy atom. The highest BCUT2D eigenvalue weighted by atomic mass is 35.5. The number of rotatable bonds is 9. The number of nitrogens with zero attached hydrogens (tertiary/aromatic N) is 4. The fourth-order valence-corrected chi connectivity index (χ4v) is 8.57. The van der Waals surface area contributed by atoms with E-state index in [-0.39, 0.29) is 64.5 Å². The summed E-state index contributed by atoms with van der Waals surface area (Å²) in [5.74, 6) is 2.38. The Balaban J connectivity index is 0.00000450. The summed E-state index contributed by atoms with van der Waals surface area (Å²) in [7, 11) is -4.29. The number of ether oxygens (including phenoxy) is 4. The Morgan fingerprint density at radius 2 is 1.15 bits per heavy atom. The van der Waals surface area contributed by atoms with Gasteiger partial charge >= 0.3 is 0 Å². The molecule has 0 atom stereocenters. The Kier molecular flexibility index (Phi) is 11.1. The van der Waals surface area contributed by atoms with Crippen LogP contribution in [0.3, 0.4) is 0 Å². The van der Waals surface area contributed by atoms with Crippen molar-refractivity contribution in [2.24, 2.45) is 0 Å². The molecule has 54 heavy (non-hydrogen) atoms. The number of anilines is 1. The SMILES string of the molecule is Cl.O=C(c1ccc(Cl)c(S(=O)(=O)Nc2ccccc2C(=O)N2CCN(Cc3ccc4c(c3)OCO4)CC2)c1)N1CCN(Cc2ccc3c(c2)OCO3)CC1. The molecule has 4 aliphatic rings. The molecule has 4 aliphatic heterocycles. The third-order valence-electron chi connectivity index (χ3n) is 9.87. The second-order valence-electron chi connectivity index (χ2n) is 13.3. The smallest absolute Gasteiger partial charge is 0.263 e. The molecule has 0 bridgehead atoms. The van der Waals surface area contributed by atoms with Gasteiger partial charge in [0.2, 0.25) is 13.6 Å². The van der Waals surface area contributed by atoms with Gasteiger partial charge < -0.3 is 28.7 Å². The van der Waals surface area contributed by atoms with Gasteiger partial charge in [-0.15, -0.1) is 12.4 Å². The molecule has 2 amide bonds. The molecule has 13 nitrogen and oxygen atoms in total. The first kappa shape index (κ1) is 37.6. The zero-order valence-electron chi connectivity index (χ0n) is 29.2. The first-order valence-electron chi connectivity index (χ1n) is 17.4. The van der Waals surface area contributed by atoms with Crippen LogP contribution in [-0.2, 0) is 23.1 Å². The minimum atomic E-state index is -4.29. The summed E-state index contributed by atoms with van der Waals surface area (Å²) in [5, 5.41) is -0.0371. The normalized spacial score (nSPS) is 16.9. The zero-order valence-corrected chi connectivity index (χ0v) is 31.6. The van der Waals surface area contributed by atoms with Crippen LogP contribution in [0.25, 0.3) is 0 Å². The minimum absolute atomic E-state index is 0. The first-order valence-corrected chi connectivity index (χ1v) is 19.3. The molecule has 4 heterocycles. The quantitative estimate of drug-likeness (QED) is 0.249. The number of hydrogen-bond acceptors (Lipinski definition) is 10. The van der Waals surface area contributed by atoms with Crippen molar-refractivity contribution < 1.29 is 37.0 Å². The number of para-hydroxylation sites is 1. The number of nitrogens with one attached hydrogen (secondary N) is 1. The summed E-state index contributed by atoms with van der Waals surface area (Å²) in [6.45, 7) is 6.38. The standard InChI is InChI=1S/C38H38ClN5O8S.ClH/c39-30-8-7-28(37(45)43-15-11-41(12-16-43)22-26-5-9-32-34(19-26)51-24-49-32)21-36(30)53(47,48)40-31-4-2-1-3-29(31)38(46)44-17-13-42(14-18-44)23-27-6-10-33-35(20-27)52-25-50-33;/h1-10,19-21,40H,11-18,22-25H2;1H. The second kappa shape index (κ2) is 15.9. The van der Waals surface area contributed by atoms with E-state index in [1.807, 2.05) is 36.4 Å². The van der Waals surface area contributed by atoms with Gasteiger partial charge in [0.1, 0.15) is 4.90 Å². The molecule has 8 rings (SSSR count). The van der Waals surface area contributed by atoms with E-state index < -0.39 is 10.0 Å². The van der Waals surface area contributed by atoms with Crippen LogP contribution in [0.15, 0.2) is 83.8 Å². The van der Waals surface area contributed by atoms with E-state index in [2.05, 4.69) is 14.5 Å². The van der Waals surface area contributed by atoms with Gasteiger partial charge in [0.25, 0.3) is 21.8 Å². The number of piperazine rings is 2. The van der Waals surface area contributed by atoms with Crippen LogP contribution in [0.5, 0.6) is 23.0 Å². The number of hydrogen-bond donors (Lipinski definition) is 1. The van der Waals surface area contributed by atoms with Gasteiger partial charge in [0, 0.05) is 71.0 Å². The number of amides is 2. The molecule has 4 aromatic rings. The molecule has 1 N–H and O–H groups in total. The molecule has 0 saturated carbocycles. The monoisotopic (exact) mass is 795 g/mol. The van der Waals surface area contributed by atoms with Crippen LogP contribution in [0.4, 0.5) is 5.69 Å². The fourth-order valence-electron chi connectivity index (χ4n) is 6.97. The molecule has 0 aromatic heterocycles. The zero-order chi connectivity index (χ0) is 36.5. The number of carbonyl (C=O) groups excluding carboxylic acids is 2. The van der Waals surface area contributed by atoms with Crippen molar-refractivity contribution in [2.75, 3.05) is 70.7 Å². The van der Waals surface area contributed by atoms with Crippen molar-refractivity contribution in [3.8, 4) is 23.0 Å². The maximum absolute atomic E-state index is 13.8. The van der Waals surface area contributed by atoms with Gasteiger partial charge in [0.05, 0.1) is 16.3 Å². The maximum atomic E-state index is 13.8. The maximum Gasteiger partial charge on any atom is 0.263 e. The van der Waals surface area contributed by atoms with Crippen molar-refractivity contribution in [3.63, 3.8) is 0 Å². The summed E-state index contributed by atoms with van der Waals surface area (Å²) >= 11 is 6.43. The number of benzene rings is 4. The van der Waals surface area contributed by atoms with Crippen LogP contribution >= 0.6 is 24.0 Å². The molecule has 0 radical (unpaired) electrons. The van der Waals surface area contributed by atoms with E-state index in [1.54, 1.807) is 34.1 Å². The number of halogens is 2. The van der Waals surface area contributed by atoms with Crippen molar-refractivity contribution in [3.05, 3.63) is 106 Å². The highest BCUT2D eigenvalue weighted by Crippen LogP contribution is 2.34. The van der Waals surface area contributed by atoms with E-state index in [4.69, 9.17) is 30.5 Å². The molecule has 2 fully saturated rings. The molecule has 0 unspecified atom stereocenters. The summed E-state index contributed by atoms with van der Waals surface area (Å²) in [6, 6.07) is 22.5. The third kappa shape index (κ3) is 8.03. The van der Waals surface area contributed by atoms with Gasteiger partial charge in [-0.25, -0.2) is 8.42 Å². The van der Waals surface area contributed by atoms with Crippen LogP contribution in [0, 0.1) is 0 Å². The van der Waals surface area contributed by atoms with Gasteiger partial charge in [-0.3, -0.25) is 24.1 Å². The second-order valence-corrected chi connectivity index (χ2v) is 15.4. The molecule has 0 spiro atoms. The first-order chi connectivity index (χ1) is 25.7. The fraction of sp³-hybridized carbons (Fsp3) is 0.316. The van der Waals surface area contributed by atoms with E-state index in [0.29, 0.717) is 65.4 Å². The van der Waals surface area contributed by atoms with Crippen LogP contribution in [0.2, 0.25) is 5.02 Å². The van der Waals surface area contributed by atoms with Crippen LogP contribution < -0.4 is 23.7 Å². The van der Waals surface area contributed by atoms with E-state index >= 15 is 0 Å². The molecule has 2 saturated heterocycles. The average Bonchev–Trinajstić information content (AvgIpc) is 3.84. The average molecular weight is 797 g/mol. The van der Waals surface area contributed by atoms with E-state index in [1.165, 1.54) is 18.2 Å².